The van der Waals surface area contributed by atoms with Crippen molar-refractivity contribution in [3.63, 3.8) is 0 Å². The first-order chi connectivity index (χ1) is 14.1. The number of allylic oxidation sites excluding steroid dienone is 2. The standard InChI is InChI=1S/C25H29N3O2.Pt/c1-24(2,3)20(16-21(29)25(4,5)6)28-30-22-15-17-11-7-8-12-18(17)23(27-22)19-13-9-10-14-26-19;/h7-16,29H,1-6H3;/b21-16-,28-20-;. The molecule has 0 aliphatic carbocycles. The van der Waals surface area contributed by atoms with Gasteiger partial charge < -0.3 is 9.94 Å². The van der Waals surface area contributed by atoms with Gasteiger partial charge >= 0.3 is 0 Å². The molecule has 3 rings (SSSR count). The Balaban J connectivity index is 0.00000341. The molecule has 5 nitrogen and oxygen atoms in total. The van der Waals surface area contributed by atoms with E-state index in [4.69, 9.17) is 4.84 Å². The van der Waals surface area contributed by atoms with Crippen molar-refractivity contribution < 1.29 is 31.0 Å². The van der Waals surface area contributed by atoms with Crippen LogP contribution in [0.3, 0.4) is 0 Å². The molecule has 0 saturated heterocycles. The molecule has 0 saturated carbocycles. The van der Waals surface area contributed by atoms with E-state index in [0.717, 1.165) is 22.2 Å². The molecule has 0 bridgehead atoms. The molecule has 1 aromatic carbocycles. The van der Waals surface area contributed by atoms with E-state index in [-0.39, 0.29) is 37.7 Å². The van der Waals surface area contributed by atoms with E-state index >= 15 is 0 Å². The first-order valence-electron chi connectivity index (χ1n) is 10.0. The number of fused-ring (bicyclic) bond motifs is 1. The average Bonchev–Trinajstić information content (AvgIpc) is 2.69. The third-order valence-electron chi connectivity index (χ3n) is 4.67. The number of aliphatic hydroxyl groups excluding tert-OH is 1. The second kappa shape index (κ2) is 9.74. The van der Waals surface area contributed by atoms with Gasteiger partial charge in [0, 0.05) is 55.6 Å². The molecule has 2 aromatic heterocycles. The van der Waals surface area contributed by atoms with Crippen molar-refractivity contribution >= 4 is 16.5 Å². The van der Waals surface area contributed by atoms with Crippen molar-refractivity contribution in [2.75, 3.05) is 0 Å². The van der Waals surface area contributed by atoms with Crippen molar-refractivity contribution in [3.8, 4) is 17.3 Å². The molecule has 0 unspecified atom stereocenters. The smallest absolute Gasteiger partial charge is 0.249 e. The molecule has 1 N–H and O–H groups in total. The van der Waals surface area contributed by atoms with Crippen molar-refractivity contribution in [2.45, 2.75) is 41.5 Å². The van der Waals surface area contributed by atoms with Crippen LogP contribution in [0, 0.1) is 10.8 Å². The quantitative estimate of drug-likeness (QED) is 0.210. The van der Waals surface area contributed by atoms with E-state index in [1.807, 2.05) is 90.1 Å². The van der Waals surface area contributed by atoms with Gasteiger partial charge in [-0.05, 0) is 17.5 Å². The number of aliphatic hydroxyl groups is 1. The third kappa shape index (κ3) is 6.24. The fourth-order valence-electron chi connectivity index (χ4n) is 2.74. The normalized spacial score (nSPS) is 13.1. The van der Waals surface area contributed by atoms with E-state index in [2.05, 4.69) is 15.1 Å². The maximum Gasteiger partial charge on any atom is 0.249 e. The first-order valence-corrected chi connectivity index (χ1v) is 10.0. The fraction of sp³-hybridized carbons (Fsp3) is 0.320. The Bertz CT molecular complexity index is 1100. The summed E-state index contributed by atoms with van der Waals surface area (Å²) in [6, 6.07) is 15.6. The Morgan fingerprint density at radius 2 is 1.65 bits per heavy atom. The summed E-state index contributed by atoms with van der Waals surface area (Å²) in [6.07, 6.45) is 3.43. The summed E-state index contributed by atoms with van der Waals surface area (Å²) in [5, 5.41) is 16.8. The zero-order valence-electron chi connectivity index (χ0n) is 18.8. The van der Waals surface area contributed by atoms with E-state index in [1.165, 1.54) is 0 Å². The Kier molecular flexibility index (Phi) is 7.77. The molecule has 0 spiro atoms. The summed E-state index contributed by atoms with van der Waals surface area (Å²) in [7, 11) is 0. The monoisotopic (exact) mass is 598 g/mol. The Labute approximate surface area is 198 Å². The Hall–Kier alpha value is -2.52. The van der Waals surface area contributed by atoms with Crippen LogP contribution in [0.1, 0.15) is 41.5 Å². The number of oxime groups is 1. The predicted octanol–water partition coefficient (Wildman–Crippen LogP) is 6.56. The van der Waals surface area contributed by atoms with Crippen LogP contribution in [-0.4, -0.2) is 20.8 Å². The molecule has 0 fully saturated rings. The van der Waals surface area contributed by atoms with Gasteiger partial charge in [0.05, 0.1) is 17.2 Å². The van der Waals surface area contributed by atoms with Gasteiger partial charge in [0.2, 0.25) is 5.88 Å². The van der Waals surface area contributed by atoms with Crippen LogP contribution in [0.15, 0.2) is 71.7 Å². The molecule has 0 amide bonds. The van der Waals surface area contributed by atoms with E-state index in [0.29, 0.717) is 11.6 Å². The number of hydrogen-bond donors (Lipinski definition) is 1. The largest absolute Gasteiger partial charge is 0.512 e. The first kappa shape index (κ1) is 24.7. The van der Waals surface area contributed by atoms with Crippen LogP contribution < -0.4 is 4.84 Å². The van der Waals surface area contributed by atoms with Crippen molar-refractivity contribution in [1.82, 2.24) is 9.97 Å². The summed E-state index contributed by atoms with van der Waals surface area (Å²) < 4.78 is 0. The van der Waals surface area contributed by atoms with Crippen molar-refractivity contribution in [1.29, 1.82) is 0 Å². The second-order valence-corrected chi connectivity index (χ2v) is 9.34. The van der Waals surface area contributed by atoms with Gasteiger partial charge in [0.25, 0.3) is 0 Å². The fourth-order valence-corrected chi connectivity index (χ4v) is 2.74. The summed E-state index contributed by atoms with van der Waals surface area (Å²) >= 11 is 0. The minimum Gasteiger partial charge on any atom is -0.512 e. The number of benzene rings is 1. The molecule has 2 heterocycles. The SMILES string of the molecule is CC(C)(C)/C(O)=C/C(=N/Oc1cc2ccccc2c(-c2ccccn2)n1)C(C)(C)C.[Pt]. The maximum absolute atomic E-state index is 10.5. The zero-order chi connectivity index (χ0) is 21.9. The Morgan fingerprint density at radius 1 is 0.968 bits per heavy atom. The second-order valence-electron chi connectivity index (χ2n) is 9.34. The summed E-state index contributed by atoms with van der Waals surface area (Å²) in [6.45, 7) is 11.9. The topological polar surface area (TPSA) is 67.6 Å². The maximum atomic E-state index is 10.5. The number of nitrogens with zero attached hydrogens (tertiary/aromatic N) is 3. The van der Waals surface area contributed by atoms with Gasteiger partial charge in [-0.3, -0.25) is 4.98 Å². The summed E-state index contributed by atoms with van der Waals surface area (Å²) in [5.74, 6) is 0.625. The zero-order valence-corrected chi connectivity index (χ0v) is 21.1. The van der Waals surface area contributed by atoms with Crippen LogP contribution in [0.25, 0.3) is 22.2 Å². The predicted molar refractivity (Wildman–Crippen MR) is 123 cm³/mol. The summed E-state index contributed by atoms with van der Waals surface area (Å²) in [5.41, 5.74) is 1.44. The number of pyridine rings is 2. The number of rotatable bonds is 4. The molecule has 0 atom stereocenters. The molecule has 31 heavy (non-hydrogen) atoms. The molecule has 0 aliphatic rings. The molecule has 3 aromatic rings. The average molecular weight is 599 g/mol. The van der Waals surface area contributed by atoms with Gasteiger partial charge in [-0.15, -0.1) is 0 Å². The molecule has 0 aliphatic heterocycles. The minimum absolute atomic E-state index is 0. The van der Waals surface area contributed by atoms with Crippen LogP contribution in [0.5, 0.6) is 5.88 Å². The van der Waals surface area contributed by atoms with E-state index in [9.17, 15) is 5.11 Å². The molecular formula is C25H29N3O2Pt. The molecule has 6 heteroatoms. The van der Waals surface area contributed by atoms with E-state index < -0.39 is 0 Å². The van der Waals surface area contributed by atoms with Gasteiger partial charge in [-0.1, -0.05) is 77.0 Å². The van der Waals surface area contributed by atoms with Gasteiger partial charge in [-0.2, -0.15) is 0 Å². The Morgan fingerprint density at radius 3 is 2.26 bits per heavy atom. The van der Waals surface area contributed by atoms with Gasteiger partial charge in [0.1, 0.15) is 5.69 Å². The van der Waals surface area contributed by atoms with Crippen LogP contribution in [0.4, 0.5) is 0 Å². The molecule has 166 valence electrons. The third-order valence-corrected chi connectivity index (χ3v) is 4.67. The minimum atomic E-state index is -0.376. The van der Waals surface area contributed by atoms with Gasteiger partial charge in [-0.25, -0.2) is 4.98 Å². The summed E-state index contributed by atoms with van der Waals surface area (Å²) in [4.78, 5) is 14.9. The van der Waals surface area contributed by atoms with Crippen LogP contribution >= 0.6 is 0 Å². The van der Waals surface area contributed by atoms with Crippen LogP contribution in [0.2, 0.25) is 0 Å². The van der Waals surface area contributed by atoms with Crippen molar-refractivity contribution in [2.24, 2.45) is 16.0 Å². The van der Waals surface area contributed by atoms with Crippen molar-refractivity contribution in [3.05, 3.63) is 66.6 Å². The molecule has 0 radical (unpaired) electrons. The molecular weight excluding hydrogens is 569 g/mol. The number of aromatic nitrogens is 2. The van der Waals surface area contributed by atoms with E-state index in [1.54, 1.807) is 12.3 Å². The van der Waals surface area contributed by atoms with Gasteiger partial charge in [0.15, 0.2) is 0 Å². The van der Waals surface area contributed by atoms with Crippen LogP contribution in [-0.2, 0) is 21.1 Å². The number of hydrogen-bond acceptors (Lipinski definition) is 5.